The highest BCUT2D eigenvalue weighted by Crippen LogP contribution is 2.17. The van der Waals surface area contributed by atoms with Crippen molar-refractivity contribution in [3.05, 3.63) is 0 Å². The van der Waals surface area contributed by atoms with Crippen LogP contribution in [-0.4, -0.2) is 37.0 Å². The molecule has 0 heterocycles. The molecular weight excluding hydrogens is 214 g/mol. The number of unbranched alkanes of at least 4 members (excludes halogenated alkanes) is 1. The average molecular weight is 245 g/mol. The summed E-state index contributed by atoms with van der Waals surface area (Å²) in [5.41, 5.74) is -0.0931. The summed E-state index contributed by atoms with van der Waals surface area (Å²) in [5.74, 6) is 0. The molecule has 2 N–H and O–H groups in total. The summed E-state index contributed by atoms with van der Waals surface area (Å²) in [5, 5.41) is 13.0. The van der Waals surface area contributed by atoms with Gasteiger partial charge in [0, 0.05) is 18.8 Å². The lowest BCUT2D eigenvalue weighted by atomic mass is 9.91. The summed E-state index contributed by atoms with van der Waals surface area (Å²) < 4.78 is 5.55. The van der Waals surface area contributed by atoms with Gasteiger partial charge in [0.2, 0.25) is 0 Å². The Balaban J connectivity index is 3.75. The molecule has 0 aliphatic heterocycles. The van der Waals surface area contributed by atoms with Crippen molar-refractivity contribution in [1.29, 1.82) is 0 Å². The molecule has 0 aliphatic rings. The van der Waals surface area contributed by atoms with Gasteiger partial charge in [0.1, 0.15) is 0 Å². The van der Waals surface area contributed by atoms with Crippen molar-refractivity contribution < 1.29 is 9.84 Å². The standard InChI is InChI=1S/C14H31NO2/c1-4-7-11-17-12-8-9-14(6-3,13-16)15-10-5-2/h15-16H,4-13H2,1-3H3. The highest BCUT2D eigenvalue weighted by molar-refractivity contribution is 4.85. The van der Waals surface area contributed by atoms with Crippen LogP contribution < -0.4 is 5.32 Å². The normalized spacial score (nSPS) is 14.8. The monoisotopic (exact) mass is 245 g/mol. The van der Waals surface area contributed by atoms with Gasteiger partial charge in [-0.05, 0) is 38.6 Å². The van der Waals surface area contributed by atoms with Gasteiger partial charge in [-0.3, -0.25) is 0 Å². The average Bonchev–Trinajstić information content (AvgIpc) is 2.38. The van der Waals surface area contributed by atoms with Crippen molar-refractivity contribution in [3.8, 4) is 0 Å². The highest BCUT2D eigenvalue weighted by atomic mass is 16.5. The van der Waals surface area contributed by atoms with E-state index < -0.39 is 0 Å². The summed E-state index contributed by atoms with van der Waals surface area (Å²) in [6.07, 6.45) is 6.43. The van der Waals surface area contributed by atoms with Crippen LogP contribution in [-0.2, 0) is 4.74 Å². The van der Waals surface area contributed by atoms with Crippen LogP contribution in [0.25, 0.3) is 0 Å². The van der Waals surface area contributed by atoms with E-state index in [1.807, 2.05) is 0 Å². The first-order valence-corrected chi connectivity index (χ1v) is 7.18. The first-order chi connectivity index (χ1) is 8.24. The third-order valence-corrected chi connectivity index (χ3v) is 3.32. The van der Waals surface area contributed by atoms with Crippen LogP contribution in [0, 0.1) is 0 Å². The van der Waals surface area contributed by atoms with Gasteiger partial charge in [-0.25, -0.2) is 0 Å². The molecule has 0 aromatic rings. The Labute approximate surface area is 107 Å². The van der Waals surface area contributed by atoms with Gasteiger partial charge in [-0.2, -0.15) is 0 Å². The van der Waals surface area contributed by atoms with Gasteiger partial charge >= 0.3 is 0 Å². The zero-order valence-corrected chi connectivity index (χ0v) is 11.9. The van der Waals surface area contributed by atoms with Crippen molar-refractivity contribution in [1.82, 2.24) is 5.32 Å². The van der Waals surface area contributed by atoms with E-state index in [1.54, 1.807) is 0 Å². The molecule has 0 rings (SSSR count). The second-order valence-electron chi connectivity index (χ2n) is 4.79. The highest BCUT2D eigenvalue weighted by Gasteiger charge is 2.25. The lowest BCUT2D eigenvalue weighted by molar-refractivity contribution is 0.101. The van der Waals surface area contributed by atoms with Crippen LogP contribution in [0.15, 0.2) is 0 Å². The molecule has 0 saturated carbocycles. The number of aliphatic hydroxyl groups is 1. The Bertz CT molecular complexity index is 158. The summed E-state index contributed by atoms with van der Waals surface area (Å²) in [6, 6.07) is 0. The van der Waals surface area contributed by atoms with E-state index in [4.69, 9.17) is 4.74 Å². The quantitative estimate of drug-likeness (QED) is 0.519. The minimum atomic E-state index is -0.0931. The summed E-state index contributed by atoms with van der Waals surface area (Å²) >= 11 is 0. The van der Waals surface area contributed by atoms with Crippen molar-refractivity contribution in [2.75, 3.05) is 26.4 Å². The van der Waals surface area contributed by atoms with Gasteiger partial charge < -0.3 is 15.2 Å². The number of nitrogens with one attached hydrogen (secondary N) is 1. The van der Waals surface area contributed by atoms with E-state index in [-0.39, 0.29) is 12.1 Å². The minimum absolute atomic E-state index is 0.0931. The second-order valence-corrected chi connectivity index (χ2v) is 4.79. The molecule has 104 valence electrons. The maximum atomic E-state index is 9.54. The maximum Gasteiger partial charge on any atom is 0.0613 e. The summed E-state index contributed by atoms with van der Waals surface area (Å²) in [6.45, 7) is 9.34. The van der Waals surface area contributed by atoms with E-state index in [9.17, 15) is 5.11 Å². The van der Waals surface area contributed by atoms with Crippen molar-refractivity contribution >= 4 is 0 Å². The van der Waals surface area contributed by atoms with Gasteiger partial charge in [0.15, 0.2) is 0 Å². The van der Waals surface area contributed by atoms with Gasteiger partial charge in [-0.1, -0.05) is 27.2 Å². The molecule has 0 spiro atoms. The van der Waals surface area contributed by atoms with Crippen LogP contribution in [0.5, 0.6) is 0 Å². The number of hydrogen-bond acceptors (Lipinski definition) is 3. The Morgan fingerprint density at radius 2 is 1.76 bits per heavy atom. The SMILES string of the molecule is CCCCOCCCC(CC)(CO)NCCC. The van der Waals surface area contributed by atoms with Crippen molar-refractivity contribution in [3.63, 3.8) is 0 Å². The molecule has 3 nitrogen and oxygen atoms in total. The molecule has 1 atom stereocenters. The fraction of sp³-hybridized carbons (Fsp3) is 1.00. The molecule has 0 amide bonds. The summed E-state index contributed by atoms with van der Waals surface area (Å²) in [4.78, 5) is 0. The molecule has 0 saturated heterocycles. The molecule has 0 radical (unpaired) electrons. The van der Waals surface area contributed by atoms with Gasteiger partial charge in [-0.15, -0.1) is 0 Å². The maximum absolute atomic E-state index is 9.54. The molecule has 3 heteroatoms. The summed E-state index contributed by atoms with van der Waals surface area (Å²) in [7, 11) is 0. The second kappa shape index (κ2) is 11.0. The number of rotatable bonds is 12. The first-order valence-electron chi connectivity index (χ1n) is 7.18. The van der Waals surface area contributed by atoms with E-state index in [1.165, 1.54) is 6.42 Å². The number of aliphatic hydroxyl groups excluding tert-OH is 1. The Kier molecular flexibility index (Phi) is 10.9. The number of hydrogen-bond donors (Lipinski definition) is 2. The van der Waals surface area contributed by atoms with Crippen LogP contribution in [0.2, 0.25) is 0 Å². The Hall–Kier alpha value is -0.120. The van der Waals surface area contributed by atoms with E-state index in [2.05, 4.69) is 26.1 Å². The predicted molar refractivity (Wildman–Crippen MR) is 73.4 cm³/mol. The lowest BCUT2D eigenvalue weighted by Gasteiger charge is -2.32. The minimum Gasteiger partial charge on any atom is -0.394 e. The molecule has 0 aromatic heterocycles. The predicted octanol–water partition coefficient (Wildman–Crippen LogP) is 2.72. The molecule has 0 aliphatic carbocycles. The van der Waals surface area contributed by atoms with E-state index >= 15 is 0 Å². The Morgan fingerprint density at radius 1 is 1.06 bits per heavy atom. The first kappa shape index (κ1) is 16.9. The fourth-order valence-electron chi connectivity index (χ4n) is 1.89. The third-order valence-electron chi connectivity index (χ3n) is 3.32. The van der Waals surface area contributed by atoms with Crippen LogP contribution in [0.1, 0.15) is 59.3 Å². The molecule has 0 aromatic carbocycles. The van der Waals surface area contributed by atoms with E-state index in [0.29, 0.717) is 0 Å². The topological polar surface area (TPSA) is 41.5 Å². The van der Waals surface area contributed by atoms with Crippen LogP contribution in [0.4, 0.5) is 0 Å². The zero-order chi connectivity index (χ0) is 13.0. The smallest absolute Gasteiger partial charge is 0.0613 e. The fourth-order valence-corrected chi connectivity index (χ4v) is 1.89. The van der Waals surface area contributed by atoms with Crippen LogP contribution >= 0.6 is 0 Å². The number of ether oxygens (including phenoxy) is 1. The van der Waals surface area contributed by atoms with Crippen molar-refractivity contribution in [2.45, 2.75) is 64.8 Å². The molecule has 1 unspecified atom stereocenters. The van der Waals surface area contributed by atoms with Gasteiger partial charge in [0.05, 0.1) is 6.61 Å². The zero-order valence-electron chi connectivity index (χ0n) is 11.9. The van der Waals surface area contributed by atoms with Crippen molar-refractivity contribution in [2.24, 2.45) is 0 Å². The lowest BCUT2D eigenvalue weighted by Crippen LogP contribution is -2.48. The molecule has 0 bridgehead atoms. The van der Waals surface area contributed by atoms with E-state index in [0.717, 1.165) is 51.9 Å². The largest absolute Gasteiger partial charge is 0.394 e. The Morgan fingerprint density at radius 3 is 2.29 bits per heavy atom. The third kappa shape index (κ3) is 7.74. The molecule has 0 fully saturated rings. The molecular formula is C14H31NO2. The van der Waals surface area contributed by atoms with Gasteiger partial charge in [0.25, 0.3) is 0 Å². The van der Waals surface area contributed by atoms with Crippen LogP contribution in [0.3, 0.4) is 0 Å². The molecule has 17 heavy (non-hydrogen) atoms.